The Kier molecular flexibility index (Phi) is 4.46. The molecule has 0 spiro atoms. The van der Waals surface area contributed by atoms with Gasteiger partial charge in [-0.1, -0.05) is 25.5 Å². The van der Waals surface area contributed by atoms with Crippen molar-refractivity contribution in [1.82, 2.24) is 4.72 Å². The quantitative estimate of drug-likeness (QED) is 0.839. The van der Waals surface area contributed by atoms with Crippen LogP contribution in [-0.4, -0.2) is 15.0 Å². The Morgan fingerprint density at radius 1 is 1.30 bits per heavy atom. The van der Waals surface area contributed by atoms with Crippen LogP contribution in [0.4, 0.5) is 0 Å². The maximum absolute atomic E-state index is 12.2. The number of nitrogens with zero attached hydrogens (tertiary/aromatic N) is 1. The van der Waals surface area contributed by atoms with E-state index < -0.39 is 10.0 Å². The lowest BCUT2D eigenvalue weighted by Crippen LogP contribution is -2.30. The van der Waals surface area contributed by atoms with E-state index in [-0.39, 0.29) is 10.3 Å². The molecule has 1 aliphatic carbocycles. The SMILES string of the molecule is CCCC1(CNS(=O)(=O)c2ccc(CC#N)cc2)CC1. The number of hydrogen-bond donors (Lipinski definition) is 1. The maximum Gasteiger partial charge on any atom is 0.240 e. The smallest absolute Gasteiger partial charge is 0.211 e. The lowest BCUT2D eigenvalue weighted by atomic mass is 10.0. The van der Waals surface area contributed by atoms with E-state index >= 15 is 0 Å². The first kappa shape index (κ1) is 15.0. The van der Waals surface area contributed by atoms with Crippen molar-refractivity contribution in [2.75, 3.05) is 6.54 Å². The van der Waals surface area contributed by atoms with Gasteiger partial charge in [0.25, 0.3) is 0 Å². The predicted molar refractivity (Wildman–Crippen MR) is 77.5 cm³/mol. The van der Waals surface area contributed by atoms with E-state index in [1.54, 1.807) is 24.3 Å². The van der Waals surface area contributed by atoms with Gasteiger partial charge in [0.1, 0.15) is 0 Å². The summed E-state index contributed by atoms with van der Waals surface area (Å²) in [6.07, 6.45) is 4.70. The normalized spacial score (nSPS) is 16.6. The van der Waals surface area contributed by atoms with Crippen LogP contribution < -0.4 is 4.72 Å². The van der Waals surface area contributed by atoms with Crippen LogP contribution in [0, 0.1) is 16.7 Å². The van der Waals surface area contributed by atoms with Gasteiger partial charge in [-0.2, -0.15) is 5.26 Å². The van der Waals surface area contributed by atoms with Crippen LogP contribution in [0.15, 0.2) is 29.2 Å². The predicted octanol–water partition coefficient (Wildman–Crippen LogP) is 2.61. The van der Waals surface area contributed by atoms with E-state index in [9.17, 15) is 8.42 Å². The molecule has 1 saturated carbocycles. The minimum absolute atomic E-state index is 0.197. The molecule has 0 aliphatic heterocycles. The molecular weight excluding hydrogens is 272 g/mol. The van der Waals surface area contributed by atoms with E-state index in [4.69, 9.17) is 5.26 Å². The fraction of sp³-hybridized carbons (Fsp3) is 0.533. The molecule has 1 N–H and O–H groups in total. The zero-order chi connectivity index (χ0) is 14.6. The van der Waals surface area contributed by atoms with Crippen LogP contribution >= 0.6 is 0 Å². The van der Waals surface area contributed by atoms with Gasteiger partial charge in [-0.15, -0.1) is 0 Å². The van der Waals surface area contributed by atoms with E-state index in [2.05, 4.69) is 11.6 Å². The van der Waals surface area contributed by atoms with Gasteiger partial charge in [0.05, 0.1) is 17.4 Å². The molecule has 108 valence electrons. The first-order valence-corrected chi connectivity index (χ1v) is 8.45. The zero-order valence-corrected chi connectivity index (χ0v) is 12.5. The highest BCUT2D eigenvalue weighted by Crippen LogP contribution is 2.49. The topological polar surface area (TPSA) is 70.0 Å². The van der Waals surface area contributed by atoms with Gasteiger partial charge in [-0.05, 0) is 42.4 Å². The Morgan fingerprint density at radius 3 is 2.45 bits per heavy atom. The van der Waals surface area contributed by atoms with Crippen LogP contribution in [0.2, 0.25) is 0 Å². The second-order valence-corrected chi connectivity index (χ2v) is 7.32. The fourth-order valence-corrected chi connectivity index (χ4v) is 3.59. The third kappa shape index (κ3) is 3.59. The number of hydrogen-bond acceptors (Lipinski definition) is 3. The number of nitrogens with one attached hydrogen (secondary N) is 1. The first-order valence-electron chi connectivity index (χ1n) is 6.97. The number of sulfonamides is 1. The highest BCUT2D eigenvalue weighted by atomic mass is 32.2. The summed E-state index contributed by atoms with van der Waals surface area (Å²) in [5.74, 6) is 0. The van der Waals surface area contributed by atoms with Crippen molar-refractivity contribution in [3.05, 3.63) is 29.8 Å². The molecular formula is C15H20N2O2S. The van der Waals surface area contributed by atoms with Crippen molar-refractivity contribution in [2.45, 2.75) is 43.9 Å². The van der Waals surface area contributed by atoms with Gasteiger partial charge >= 0.3 is 0 Å². The zero-order valence-electron chi connectivity index (χ0n) is 11.7. The van der Waals surface area contributed by atoms with Crippen molar-refractivity contribution in [2.24, 2.45) is 5.41 Å². The lowest BCUT2D eigenvalue weighted by molar-refractivity contribution is 0.449. The molecule has 0 atom stereocenters. The molecule has 1 aromatic carbocycles. The minimum Gasteiger partial charge on any atom is -0.211 e. The summed E-state index contributed by atoms with van der Waals surface area (Å²) in [7, 11) is -3.44. The van der Waals surface area contributed by atoms with Crippen molar-refractivity contribution >= 4 is 10.0 Å². The second kappa shape index (κ2) is 5.94. The van der Waals surface area contributed by atoms with Gasteiger partial charge in [0.15, 0.2) is 0 Å². The molecule has 0 unspecified atom stereocenters. The van der Waals surface area contributed by atoms with Gasteiger partial charge in [0, 0.05) is 6.54 Å². The summed E-state index contributed by atoms with van der Waals surface area (Å²) in [5, 5.41) is 8.60. The Morgan fingerprint density at radius 2 is 1.95 bits per heavy atom. The highest BCUT2D eigenvalue weighted by Gasteiger charge is 2.42. The van der Waals surface area contributed by atoms with Gasteiger partial charge in [-0.25, -0.2) is 13.1 Å². The molecule has 0 aromatic heterocycles. The largest absolute Gasteiger partial charge is 0.240 e. The average Bonchev–Trinajstić information content (AvgIpc) is 3.19. The standard InChI is InChI=1S/C15H20N2O2S/c1-2-8-15(9-10-15)12-17-20(18,19)14-5-3-13(4-6-14)7-11-16/h3-6,17H,2,7-10,12H2,1H3. The molecule has 4 nitrogen and oxygen atoms in total. The van der Waals surface area contributed by atoms with E-state index in [1.165, 1.54) is 0 Å². The fourth-order valence-electron chi connectivity index (χ4n) is 2.43. The van der Waals surface area contributed by atoms with Gasteiger partial charge in [0.2, 0.25) is 10.0 Å². The molecule has 0 bridgehead atoms. The summed E-state index contributed by atoms with van der Waals surface area (Å²) in [5.41, 5.74) is 1.03. The molecule has 0 heterocycles. The Labute approximate surface area is 120 Å². The maximum atomic E-state index is 12.2. The molecule has 0 radical (unpaired) electrons. The van der Waals surface area contributed by atoms with Crippen LogP contribution in [0.25, 0.3) is 0 Å². The summed E-state index contributed by atoms with van der Waals surface area (Å²) in [6, 6.07) is 8.55. The molecule has 0 amide bonds. The monoisotopic (exact) mass is 292 g/mol. The summed E-state index contributed by atoms with van der Waals surface area (Å²) in [4.78, 5) is 0.270. The van der Waals surface area contributed by atoms with Crippen molar-refractivity contribution in [1.29, 1.82) is 5.26 Å². The Bertz CT molecular complexity index is 596. The third-order valence-electron chi connectivity index (χ3n) is 3.89. The van der Waals surface area contributed by atoms with E-state index in [0.29, 0.717) is 13.0 Å². The van der Waals surface area contributed by atoms with Crippen LogP contribution in [-0.2, 0) is 16.4 Å². The number of nitriles is 1. The summed E-state index contributed by atoms with van der Waals surface area (Å²) >= 11 is 0. The third-order valence-corrected chi connectivity index (χ3v) is 5.31. The van der Waals surface area contributed by atoms with Crippen molar-refractivity contribution in [3.8, 4) is 6.07 Å². The van der Waals surface area contributed by atoms with Crippen LogP contribution in [0.1, 0.15) is 38.2 Å². The molecule has 1 aliphatic rings. The number of rotatable bonds is 7. The van der Waals surface area contributed by atoms with Crippen LogP contribution in [0.5, 0.6) is 0 Å². The minimum atomic E-state index is -3.44. The molecule has 1 fully saturated rings. The van der Waals surface area contributed by atoms with E-state index in [0.717, 1.165) is 31.2 Å². The number of benzene rings is 1. The lowest BCUT2D eigenvalue weighted by Gasteiger charge is -2.15. The van der Waals surface area contributed by atoms with Crippen LogP contribution in [0.3, 0.4) is 0 Å². The molecule has 2 rings (SSSR count). The molecule has 20 heavy (non-hydrogen) atoms. The molecule has 5 heteroatoms. The highest BCUT2D eigenvalue weighted by molar-refractivity contribution is 7.89. The average molecular weight is 292 g/mol. The summed E-state index contributed by atoms with van der Waals surface area (Å²) in [6.45, 7) is 2.66. The second-order valence-electron chi connectivity index (χ2n) is 5.55. The van der Waals surface area contributed by atoms with E-state index in [1.807, 2.05) is 6.07 Å². The first-order chi connectivity index (χ1) is 9.51. The summed E-state index contributed by atoms with van der Waals surface area (Å²) < 4.78 is 27.1. The van der Waals surface area contributed by atoms with Gasteiger partial charge in [-0.3, -0.25) is 0 Å². The Balaban J connectivity index is 2.01. The Hall–Kier alpha value is -1.38. The van der Waals surface area contributed by atoms with Gasteiger partial charge < -0.3 is 0 Å². The molecule has 1 aromatic rings. The molecule has 0 saturated heterocycles. The van der Waals surface area contributed by atoms with Crippen molar-refractivity contribution in [3.63, 3.8) is 0 Å². The van der Waals surface area contributed by atoms with Crippen molar-refractivity contribution < 1.29 is 8.42 Å².